The summed E-state index contributed by atoms with van der Waals surface area (Å²) in [5.74, 6) is 0. The molecule has 0 fully saturated rings. The van der Waals surface area contributed by atoms with Crippen molar-refractivity contribution < 1.29 is 0 Å². The third-order valence-electron chi connectivity index (χ3n) is 0.928. The lowest BCUT2D eigenvalue weighted by molar-refractivity contribution is 1.52. The zero-order chi connectivity index (χ0) is 7.40. The molecule has 0 aliphatic carbocycles. The Labute approximate surface area is 77.7 Å². The summed E-state index contributed by atoms with van der Waals surface area (Å²) in [6.45, 7) is 3.58. The maximum Gasteiger partial charge on any atom is 0.134 e. The number of thioether (sulfide) groups is 1. The maximum absolute atomic E-state index is 4.07. The molecule has 2 nitrogen and oxygen atoms in total. The van der Waals surface area contributed by atoms with Gasteiger partial charge >= 0.3 is 0 Å². The topological polar surface area (TPSA) is 24.7 Å². The first-order chi connectivity index (χ1) is 4.88. The lowest BCUT2D eigenvalue weighted by Gasteiger charge is -1.89. The first kappa shape index (κ1) is 8.00. The monoisotopic (exact) mass is 264 g/mol. The number of halogens is 1. The lowest BCUT2D eigenvalue weighted by atomic mass is 10.4. The zero-order valence-corrected chi connectivity index (χ0v) is 8.09. The largest absolute Gasteiger partial charge is 0.247 e. The molecule has 1 aliphatic heterocycles. The summed E-state index contributed by atoms with van der Waals surface area (Å²) in [5.41, 5.74) is 2.67. The Balaban J connectivity index is 2.86. The van der Waals surface area contributed by atoms with Crippen molar-refractivity contribution in [2.45, 2.75) is 0 Å². The highest BCUT2D eigenvalue weighted by molar-refractivity contribution is 14.1. The van der Waals surface area contributed by atoms with E-state index in [1.807, 2.05) is 28.9 Å². The van der Waals surface area contributed by atoms with Gasteiger partial charge in [0, 0.05) is 0 Å². The number of aliphatic imine (C=N–C) groups is 1. The molecule has 1 aliphatic rings. The molecule has 0 saturated heterocycles. The van der Waals surface area contributed by atoms with Crippen molar-refractivity contribution in [2.24, 2.45) is 8.20 Å². The van der Waals surface area contributed by atoms with Gasteiger partial charge in [0.2, 0.25) is 0 Å². The van der Waals surface area contributed by atoms with Crippen molar-refractivity contribution in [3.63, 3.8) is 0 Å². The second-order valence-corrected chi connectivity index (χ2v) is 2.85. The number of hydrogen-bond acceptors (Lipinski definition) is 3. The molecule has 0 amide bonds. The summed E-state index contributed by atoms with van der Waals surface area (Å²) in [7, 11) is 0. The minimum absolute atomic E-state index is 0.898. The van der Waals surface area contributed by atoms with E-state index in [1.54, 1.807) is 11.6 Å². The van der Waals surface area contributed by atoms with E-state index in [-0.39, 0.29) is 0 Å². The number of hydrogen-bond donors (Lipinski definition) is 0. The average Bonchev–Trinajstić information content (AvgIpc) is 2.36. The van der Waals surface area contributed by atoms with Crippen LogP contribution in [0.5, 0.6) is 0 Å². The van der Waals surface area contributed by atoms with E-state index < -0.39 is 0 Å². The van der Waals surface area contributed by atoms with E-state index in [2.05, 4.69) is 14.8 Å². The van der Waals surface area contributed by atoms with Crippen LogP contribution in [-0.2, 0) is 0 Å². The van der Waals surface area contributed by atoms with Gasteiger partial charge in [0.1, 0.15) is 5.04 Å². The van der Waals surface area contributed by atoms with Gasteiger partial charge in [-0.3, -0.25) is 0 Å². The van der Waals surface area contributed by atoms with Crippen LogP contribution in [0.3, 0.4) is 0 Å². The van der Waals surface area contributed by atoms with Crippen LogP contribution in [0, 0.1) is 0 Å². The molecule has 10 heavy (non-hydrogen) atoms. The molecule has 0 spiro atoms. The molecule has 52 valence electrons. The van der Waals surface area contributed by atoms with Crippen LogP contribution >= 0.6 is 34.6 Å². The Hall–Kier alpha value is -0.100. The zero-order valence-electron chi connectivity index (χ0n) is 5.12. The molecule has 0 aromatic heterocycles. The van der Waals surface area contributed by atoms with Crippen molar-refractivity contribution in [1.82, 2.24) is 0 Å². The predicted octanol–water partition coefficient (Wildman–Crippen LogP) is 2.58. The van der Waals surface area contributed by atoms with Gasteiger partial charge in [-0.15, -0.1) is 0 Å². The van der Waals surface area contributed by atoms with Gasteiger partial charge in [-0.05, 0) is 6.08 Å². The quantitative estimate of drug-likeness (QED) is 0.668. The fraction of sp³-hybridized carbons (Fsp3) is 0. The van der Waals surface area contributed by atoms with Gasteiger partial charge in [0.05, 0.1) is 34.1 Å². The Morgan fingerprint density at radius 3 is 3.20 bits per heavy atom. The fourth-order valence-electron chi connectivity index (χ4n) is 0.538. The summed E-state index contributed by atoms with van der Waals surface area (Å²) < 4.78 is 4.00. The minimum Gasteiger partial charge on any atom is -0.247 e. The van der Waals surface area contributed by atoms with Crippen LogP contribution in [0.1, 0.15) is 0 Å². The Morgan fingerprint density at radius 2 is 2.60 bits per heavy atom. The SMILES string of the molecule is C=C/C=C1/N=CSC1=NI. The number of allylic oxidation sites excluding steroid dienone is 2. The fourth-order valence-corrected chi connectivity index (χ4v) is 1.67. The highest BCUT2D eigenvalue weighted by atomic mass is 127. The summed E-state index contributed by atoms with van der Waals surface area (Å²) in [6, 6.07) is 0. The number of rotatable bonds is 1. The third kappa shape index (κ3) is 1.69. The smallest absolute Gasteiger partial charge is 0.134 e. The van der Waals surface area contributed by atoms with Gasteiger partial charge in [0.25, 0.3) is 0 Å². The normalized spacial score (nSPS) is 24.5. The molecule has 0 atom stereocenters. The first-order valence-electron chi connectivity index (χ1n) is 2.59. The van der Waals surface area contributed by atoms with E-state index in [4.69, 9.17) is 0 Å². The molecule has 0 aromatic rings. The maximum atomic E-state index is 4.07. The highest BCUT2D eigenvalue weighted by Gasteiger charge is 2.09. The molecule has 4 heteroatoms. The van der Waals surface area contributed by atoms with Crippen LogP contribution in [-0.4, -0.2) is 10.6 Å². The standard InChI is InChI=1S/C6H5IN2S/c1-2-3-5-6(9-7)10-4-8-5/h2-4H,1H2/b5-3+,9-6?. The van der Waals surface area contributed by atoms with Crippen LogP contribution in [0.2, 0.25) is 0 Å². The van der Waals surface area contributed by atoms with Crippen LogP contribution < -0.4 is 0 Å². The summed E-state index contributed by atoms with van der Waals surface area (Å²) in [6.07, 6.45) is 3.55. The molecule has 0 saturated carbocycles. The van der Waals surface area contributed by atoms with Crippen LogP contribution in [0.4, 0.5) is 0 Å². The Morgan fingerprint density at radius 1 is 1.80 bits per heavy atom. The second-order valence-electron chi connectivity index (χ2n) is 1.53. The van der Waals surface area contributed by atoms with Crippen molar-refractivity contribution >= 4 is 45.2 Å². The molecular weight excluding hydrogens is 259 g/mol. The van der Waals surface area contributed by atoms with Crippen molar-refractivity contribution in [3.05, 3.63) is 24.4 Å². The van der Waals surface area contributed by atoms with Crippen LogP contribution in [0.15, 0.2) is 32.6 Å². The first-order valence-corrected chi connectivity index (χ1v) is 4.44. The van der Waals surface area contributed by atoms with Crippen molar-refractivity contribution in [1.29, 1.82) is 0 Å². The highest BCUT2D eigenvalue weighted by Crippen LogP contribution is 2.20. The Kier molecular flexibility index (Phi) is 3.14. The van der Waals surface area contributed by atoms with E-state index in [9.17, 15) is 0 Å². The van der Waals surface area contributed by atoms with E-state index in [0.717, 1.165) is 10.7 Å². The summed E-state index contributed by atoms with van der Waals surface area (Å²) in [5, 5.41) is 0.945. The van der Waals surface area contributed by atoms with Gasteiger partial charge in [-0.25, -0.2) is 8.20 Å². The molecule has 1 rings (SSSR count). The second kappa shape index (κ2) is 3.92. The summed E-state index contributed by atoms with van der Waals surface area (Å²) >= 11 is 3.48. The van der Waals surface area contributed by atoms with Gasteiger partial charge in [-0.2, -0.15) is 0 Å². The lowest BCUT2D eigenvalue weighted by Crippen LogP contribution is -1.85. The summed E-state index contributed by atoms with van der Waals surface area (Å²) in [4.78, 5) is 4.07. The third-order valence-corrected chi connectivity index (χ3v) is 2.47. The molecule has 0 bridgehead atoms. The van der Waals surface area contributed by atoms with Gasteiger partial charge < -0.3 is 0 Å². The predicted molar refractivity (Wildman–Crippen MR) is 55.8 cm³/mol. The van der Waals surface area contributed by atoms with Crippen molar-refractivity contribution in [2.75, 3.05) is 0 Å². The Bertz CT molecular complexity index is 230. The molecule has 1 heterocycles. The van der Waals surface area contributed by atoms with Gasteiger partial charge in [-0.1, -0.05) is 24.4 Å². The van der Waals surface area contributed by atoms with E-state index >= 15 is 0 Å². The van der Waals surface area contributed by atoms with Crippen LogP contribution in [0.25, 0.3) is 0 Å². The number of nitrogens with zero attached hydrogens (tertiary/aromatic N) is 2. The van der Waals surface area contributed by atoms with E-state index in [1.165, 1.54) is 11.8 Å². The molecule has 0 unspecified atom stereocenters. The average molecular weight is 264 g/mol. The van der Waals surface area contributed by atoms with Crippen molar-refractivity contribution in [3.8, 4) is 0 Å². The van der Waals surface area contributed by atoms with E-state index in [0.29, 0.717) is 0 Å². The molecule has 0 radical (unpaired) electrons. The molecular formula is C6H5IN2S. The minimum atomic E-state index is 0.898. The van der Waals surface area contributed by atoms with Gasteiger partial charge in [0.15, 0.2) is 0 Å². The molecule has 0 N–H and O–H groups in total. The molecule has 0 aromatic carbocycles.